The van der Waals surface area contributed by atoms with Crippen LogP contribution in [-0.2, 0) is 0 Å². The lowest BCUT2D eigenvalue weighted by molar-refractivity contribution is 0.500. The van der Waals surface area contributed by atoms with E-state index in [2.05, 4.69) is 72.8 Å². The molecule has 3 aromatic rings. The van der Waals surface area contributed by atoms with E-state index >= 15 is 8.78 Å². The summed E-state index contributed by atoms with van der Waals surface area (Å²) < 4.78 is 34.2. The summed E-state index contributed by atoms with van der Waals surface area (Å²) in [6.07, 6.45) is 3.47. The Labute approximate surface area is 198 Å². The van der Waals surface area contributed by atoms with Gasteiger partial charge in [-0.05, 0) is 56.4 Å². The summed E-state index contributed by atoms with van der Waals surface area (Å²) in [5.74, 6) is -2.24. The van der Waals surface area contributed by atoms with Crippen molar-refractivity contribution < 1.29 is 8.78 Å². The highest BCUT2D eigenvalue weighted by Gasteiger charge is 2.46. The Kier molecular flexibility index (Phi) is 6.97. The molecule has 1 atom stereocenters. The number of nitrogens with zero attached hydrogens (tertiary/aromatic N) is 3. The zero-order chi connectivity index (χ0) is 24.0. The van der Waals surface area contributed by atoms with Gasteiger partial charge >= 0.3 is 0 Å². The first-order valence-electron chi connectivity index (χ1n) is 11.0. The first kappa shape index (κ1) is 24.6. The number of aromatic nitrogens is 2. The Balaban J connectivity index is 2.36. The molecule has 2 aromatic heterocycles. The van der Waals surface area contributed by atoms with Crippen molar-refractivity contribution in [1.82, 2.24) is 9.22 Å². The molecule has 32 heavy (non-hydrogen) atoms. The standard InChI is InChI=1S/C25H30BrF2N3Si/c1-14(2)32(15(3)4,16(5)6)31-12-10-19-22(26)21(23(27)24(28)25(19)31)17(7)18-9-8-11-30-20(18)13-29/h8-12,14-17H,1-7H3. The van der Waals surface area contributed by atoms with Crippen molar-refractivity contribution >= 4 is 35.1 Å². The molecule has 0 radical (unpaired) electrons. The van der Waals surface area contributed by atoms with Crippen molar-refractivity contribution in [2.75, 3.05) is 0 Å². The van der Waals surface area contributed by atoms with Gasteiger partial charge in [0.1, 0.15) is 11.8 Å². The quantitative estimate of drug-likeness (QED) is 0.244. The molecule has 1 aromatic carbocycles. The molecule has 0 amide bonds. The van der Waals surface area contributed by atoms with E-state index in [0.717, 1.165) is 0 Å². The summed E-state index contributed by atoms with van der Waals surface area (Å²) >= 11 is 3.59. The predicted octanol–water partition coefficient (Wildman–Crippen LogP) is 8.12. The number of hydrogen-bond acceptors (Lipinski definition) is 2. The van der Waals surface area contributed by atoms with Crippen molar-refractivity contribution in [3.8, 4) is 6.07 Å². The fourth-order valence-electron chi connectivity index (χ4n) is 5.85. The van der Waals surface area contributed by atoms with E-state index < -0.39 is 25.8 Å². The molecule has 1 unspecified atom stereocenters. The molecule has 0 bridgehead atoms. The summed E-state index contributed by atoms with van der Waals surface area (Å²) in [4.78, 5) is 4.09. The summed E-state index contributed by atoms with van der Waals surface area (Å²) in [5, 5.41) is 10.1. The van der Waals surface area contributed by atoms with Gasteiger partial charge < -0.3 is 4.23 Å². The van der Waals surface area contributed by atoms with Crippen LogP contribution in [0.5, 0.6) is 0 Å². The van der Waals surface area contributed by atoms with Crippen LogP contribution in [0.25, 0.3) is 10.9 Å². The summed E-state index contributed by atoms with van der Waals surface area (Å²) in [6, 6.07) is 7.39. The average Bonchev–Trinajstić information content (AvgIpc) is 3.17. The van der Waals surface area contributed by atoms with Gasteiger partial charge in [-0.25, -0.2) is 13.8 Å². The molecular formula is C25H30BrF2N3Si. The minimum absolute atomic E-state index is 0.211. The summed E-state index contributed by atoms with van der Waals surface area (Å²) in [6.45, 7) is 15.0. The molecule has 0 N–H and O–H groups in total. The van der Waals surface area contributed by atoms with Crippen LogP contribution in [0.3, 0.4) is 0 Å². The molecule has 7 heteroatoms. The van der Waals surface area contributed by atoms with Gasteiger partial charge in [0.25, 0.3) is 0 Å². The third-order valence-corrected chi connectivity index (χ3v) is 14.6. The molecule has 0 aliphatic carbocycles. The predicted molar refractivity (Wildman–Crippen MR) is 132 cm³/mol. The third-order valence-electron chi connectivity index (χ3n) is 7.03. The number of benzene rings is 1. The maximum absolute atomic E-state index is 15.8. The maximum atomic E-state index is 15.8. The first-order valence-corrected chi connectivity index (χ1v) is 14.0. The van der Waals surface area contributed by atoms with Crippen LogP contribution in [0, 0.1) is 23.0 Å². The van der Waals surface area contributed by atoms with Gasteiger partial charge in [0.05, 0.1) is 5.52 Å². The molecule has 0 spiro atoms. The van der Waals surface area contributed by atoms with Gasteiger partial charge in [-0.1, -0.05) is 54.5 Å². The van der Waals surface area contributed by atoms with Crippen molar-refractivity contribution in [3.05, 3.63) is 63.5 Å². The fraction of sp³-hybridized carbons (Fsp3) is 0.440. The van der Waals surface area contributed by atoms with Gasteiger partial charge in [-0.15, -0.1) is 0 Å². The molecule has 3 nitrogen and oxygen atoms in total. The van der Waals surface area contributed by atoms with Gasteiger partial charge in [0, 0.05) is 27.5 Å². The van der Waals surface area contributed by atoms with E-state index in [1.807, 2.05) is 12.3 Å². The fourth-order valence-corrected chi connectivity index (χ4v) is 13.3. The zero-order valence-corrected chi connectivity index (χ0v) is 22.3. The lowest BCUT2D eigenvalue weighted by Crippen LogP contribution is -2.51. The topological polar surface area (TPSA) is 41.6 Å². The second-order valence-corrected chi connectivity index (χ2v) is 15.9. The Morgan fingerprint density at radius 3 is 2.12 bits per heavy atom. The van der Waals surface area contributed by atoms with Crippen molar-refractivity contribution in [3.63, 3.8) is 0 Å². The van der Waals surface area contributed by atoms with Crippen LogP contribution in [0.4, 0.5) is 8.78 Å². The van der Waals surface area contributed by atoms with Gasteiger partial charge in [0.15, 0.2) is 19.9 Å². The Morgan fingerprint density at radius 1 is 1.00 bits per heavy atom. The maximum Gasteiger partial charge on any atom is 0.182 e. The molecule has 3 rings (SSSR count). The third kappa shape index (κ3) is 3.52. The minimum atomic E-state index is -2.28. The van der Waals surface area contributed by atoms with E-state index in [1.165, 1.54) is 6.20 Å². The zero-order valence-electron chi connectivity index (χ0n) is 19.7. The van der Waals surface area contributed by atoms with Crippen LogP contribution >= 0.6 is 15.9 Å². The largest absolute Gasteiger partial charge is 0.371 e. The molecule has 170 valence electrons. The van der Waals surface area contributed by atoms with Crippen molar-refractivity contribution in [1.29, 1.82) is 5.26 Å². The van der Waals surface area contributed by atoms with Crippen LogP contribution < -0.4 is 0 Å². The summed E-state index contributed by atoms with van der Waals surface area (Å²) in [7, 11) is -2.28. The highest BCUT2D eigenvalue weighted by Crippen LogP contribution is 2.47. The van der Waals surface area contributed by atoms with E-state index in [-0.39, 0.29) is 11.3 Å². The van der Waals surface area contributed by atoms with Crippen LogP contribution in [-0.4, -0.2) is 17.5 Å². The van der Waals surface area contributed by atoms with E-state index in [4.69, 9.17) is 0 Å². The van der Waals surface area contributed by atoms with Crippen LogP contribution in [0.1, 0.15) is 71.2 Å². The number of hydrogen-bond donors (Lipinski definition) is 0. The SMILES string of the molecule is CC(c1cccnc1C#N)c1c(F)c(F)c2c(ccn2[Si](C(C)C)(C(C)C)C(C)C)c1Br. The van der Waals surface area contributed by atoms with Gasteiger partial charge in [0.2, 0.25) is 0 Å². The second kappa shape index (κ2) is 9.07. The second-order valence-electron chi connectivity index (χ2n) is 9.43. The number of nitriles is 1. The number of halogens is 3. The highest BCUT2D eigenvalue weighted by molar-refractivity contribution is 9.10. The average molecular weight is 519 g/mol. The molecule has 0 fully saturated rings. The molecular weight excluding hydrogens is 488 g/mol. The minimum Gasteiger partial charge on any atom is -0.371 e. The highest BCUT2D eigenvalue weighted by atomic mass is 79.9. The number of fused-ring (bicyclic) bond motifs is 1. The van der Waals surface area contributed by atoms with Crippen molar-refractivity contribution in [2.45, 2.75) is 71.0 Å². The monoisotopic (exact) mass is 517 g/mol. The van der Waals surface area contributed by atoms with Gasteiger partial charge in [-0.3, -0.25) is 0 Å². The smallest absolute Gasteiger partial charge is 0.182 e. The normalized spacial score (nSPS) is 13.4. The van der Waals surface area contributed by atoms with Gasteiger partial charge in [-0.2, -0.15) is 5.26 Å². The Bertz CT molecular complexity index is 1170. The molecule has 0 aliphatic rings. The molecule has 2 heterocycles. The lowest BCUT2D eigenvalue weighted by atomic mass is 9.90. The van der Waals surface area contributed by atoms with E-state index in [9.17, 15) is 5.26 Å². The molecule has 0 saturated carbocycles. The van der Waals surface area contributed by atoms with E-state index in [0.29, 0.717) is 37.6 Å². The molecule has 0 aliphatic heterocycles. The van der Waals surface area contributed by atoms with Crippen LogP contribution in [0.15, 0.2) is 35.1 Å². The Hall–Kier alpha value is -2.04. The number of pyridine rings is 1. The molecule has 0 saturated heterocycles. The van der Waals surface area contributed by atoms with Crippen molar-refractivity contribution in [2.24, 2.45) is 0 Å². The number of rotatable bonds is 6. The first-order chi connectivity index (χ1) is 15.0. The van der Waals surface area contributed by atoms with E-state index in [1.54, 1.807) is 19.1 Å². The lowest BCUT2D eigenvalue weighted by Gasteiger charge is -2.44. The van der Waals surface area contributed by atoms with Crippen LogP contribution in [0.2, 0.25) is 16.6 Å². The summed E-state index contributed by atoms with van der Waals surface area (Å²) in [5.41, 5.74) is 2.35. The Morgan fingerprint density at radius 2 is 1.59 bits per heavy atom.